The summed E-state index contributed by atoms with van der Waals surface area (Å²) in [5, 5.41) is 7.06. The summed E-state index contributed by atoms with van der Waals surface area (Å²) in [4.78, 5) is 11.9. The standard InChI is InChI=1S/C13H17N3O/c1-3-10(4-2)13(17)15-11-6-8-16-12(9-11)5-7-14-16/h5-10H,3-4H2,1-2H3,(H,15,17). The summed E-state index contributed by atoms with van der Waals surface area (Å²) in [7, 11) is 0. The maximum Gasteiger partial charge on any atom is 0.227 e. The van der Waals surface area contributed by atoms with Crippen LogP contribution in [0.15, 0.2) is 30.6 Å². The first-order valence-corrected chi connectivity index (χ1v) is 5.98. The number of fused-ring (bicyclic) bond motifs is 1. The smallest absolute Gasteiger partial charge is 0.227 e. The van der Waals surface area contributed by atoms with Gasteiger partial charge in [-0.1, -0.05) is 13.8 Å². The van der Waals surface area contributed by atoms with E-state index in [1.54, 1.807) is 10.7 Å². The van der Waals surface area contributed by atoms with E-state index in [4.69, 9.17) is 0 Å². The largest absolute Gasteiger partial charge is 0.326 e. The summed E-state index contributed by atoms with van der Waals surface area (Å²) in [6.45, 7) is 4.07. The minimum absolute atomic E-state index is 0.0936. The average Bonchev–Trinajstić information content (AvgIpc) is 2.77. The number of anilines is 1. The van der Waals surface area contributed by atoms with Gasteiger partial charge in [-0.3, -0.25) is 4.79 Å². The first kappa shape index (κ1) is 11.6. The molecule has 0 aliphatic heterocycles. The number of hydrogen-bond donors (Lipinski definition) is 1. The molecule has 2 aromatic rings. The Balaban J connectivity index is 2.14. The Morgan fingerprint density at radius 1 is 1.41 bits per heavy atom. The van der Waals surface area contributed by atoms with E-state index in [1.165, 1.54) is 0 Å². The van der Waals surface area contributed by atoms with Crippen LogP contribution in [0, 0.1) is 5.92 Å². The molecule has 0 saturated heterocycles. The van der Waals surface area contributed by atoms with Crippen LogP contribution in [0.3, 0.4) is 0 Å². The molecule has 0 spiro atoms. The number of nitrogens with one attached hydrogen (secondary N) is 1. The lowest BCUT2D eigenvalue weighted by molar-refractivity contribution is -0.120. The Labute approximate surface area is 101 Å². The van der Waals surface area contributed by atoms with Crippen molar-refractivity contribution in [1.82, 2.24) is 9.61 Å². The zero-order valence-electron chi connectivity index (χ0n) is 10.2. The van der Waals surface area contributed by atoms with Gasteiger partial charge in [0.2, 0.25) is 5.91 Å². The zero-order valence-corrected chi connectivity index (χ0v) is 10.2. The number of amides is 1. The van der Waals surface area contributed by atoms with E-state index >= 15 is 0 Å². The molecule has 4 nitrogen and oxygen atoms in total. The quantitative estimate of drug-likeness (QED) is 0.879. The first-order valence-electron chi connectivity index (χ1n) is 5.98. The third-order valence-electron chi connectivity index (χ3n) is 3.02. The van der Waals surface area contributed by atoms with Crippen molar-refractivity contribution in [2.24, 2.45) is 5.92 Å². The number of rotatable bonds is 4. The highest BCUT2D eigenvalue weighted by atomic mass is 16.1. The van der Waals surface area contributed by atoms with Crippen LogP contribution in [0.1, 0.15) is 26.7 Å². The molecule has 1 N–H and O–H groups in total. The lowest BCUT2D eigenvalue weighted by Gasteiger charge is -2.12. The van der Waals surface area contributed by atoms with Crippen molar-refractivity contribution in [2.45, 2.75) is 26.7 Å². The summed E-state index contributed by atoms with van der Waals surface area (Å²) in [6, 6.07) is 5.69. The van der Waals surface area contributed by atoms with Crippen LogP contribution in [-0.4, -0.2) is 15.5 Å². The third-order valence-corrected chi connectivity index (χ3v) is 3.02. The second-order valence-electron chi connectivity index (χ2n) is 4.12. The van der Waals surface area contributed by atoms with Crippen LogP contribution < -0.4 is 5.32 Å². The van der Waals surface area contributed by atoms with E-state index in [1.807, 2.05) is 38.2 Å². The van der Waals surface area contributed by atoms with E-state index < -0.39 is 0 Å². The SMILES string of the molecule is CCC(CC)C(=O)Nc1ccn2nccc2c1. The second-order valence-corrected chi connectivity index (χ2v) is 4.12. The number of nitrogens with zero attached hydrogens (tertiary/aromatic N) is 2. The summed E-state index contributed by atoms with van der Waals surface area (Å²) in [5.74, 6) is 0.190. The Morgan fingerprint density at radius 2 is 2.18 bits per heavy atom. The van der Waals surface area contributed by atoms with Crippen molar-refractivity contribution >= 4 is 17.1 Å². The summed E-state index contributed by atoms with van der Waals surface area (Å²) >= 11 is 0. The molecule has 0 aromatic carbocycles. The van der Waals surface area contributed by atoms with Crippen LogP contribution >= 0.6 is 0 Å². The second kappa shape index (κ2) is 4.99. The fourth-order valence-electron chi connectivity index (χ4n) is 1.90. The zero-order chi connectivity index (χ0) is 12.3. The Morgan fingerprint density at radius 3 is 2.88 bits per heavy atom. The first-order chi connectivity index (χ1) is 8.24. The lowest BCUT2D eigenvalue weighted by Crippen LogP contribution is -2.21. The highest BCUT2D eigenvalue weighted by Crippen LogP contribution is 2.15. The van der Waals surface area contributed by atoms with E-state index in [2.05, 4.69) is 10.4 Å². The predicted octanol–water partition coefficient (Wildman–Crippen LogP) is 2.71. The molecule has 2 heterocycles. The Bertz CT molecular complexity index is 514. The van der Waals surface area contributed by atoms with Gasteiger partial charge < -0.3 is 5.32 Å². The molecule has 17 heavy (non-hydrogen) atoms. The van der Waals surface area contributed by atoms with Gasteiger partial charge in [0.25, 0.3) is 0 Å². The van der Waals surface area contributed by atoms with Gasteiger partial charge in [-0.2, -0.15) is 5.10 Å². The van der Waals surface area contributed by atoms with Crippen molar-refractivity contribution in [2.75, 3.05) is 5.32 Å². The maximum absolute atomic E-state index is 11.9. The van der Waals surface area contributed by atoms with Crippen LogP contribution in [0.4, 0.5) is 5.69 Å². The maximum atomic E-state index is 11.9. The van der Waals surface area contributed by atoms with Gasteiger partial charge in [0.15, 0.2) is 0 Å². The molecule has 0 radical (unpaired) electrons. The molecule has 0 fully saturated rings. The van der Waals surface area contributed by atoms with Gasteiger partial charge in [-0.15, -0.1) is 0 Å². The summed E-state index contributed by atoms with van der Waals surface area (Å²) < 4.78 is 1.77. The molecule has 0 aliphatic rings. The molecule has 90 valence electrons. The van der Waals surface area contributed by atoms with Gasteiger partial charge in [0.05, 0.1) is 5.52 Å². The normalized spacial score (nSPS) is 11.0. The fourth-order valence-corrected chi connectivity index (χ4v) is 1.90. The third kappa shape index (κ3) is 2.46. The van der Waals surface area contributed by atoms with Gasteiger partial charge in [0, 0.05) is 24.0 Å². The number of pyridine rings is 1. The van der Waals surface area contributed by atoms with E-state index in [0.29, 0.717) is 0 Å². The fraction of sp³-hybridized carbons (Fsp3) is 0.385. The molecule has 2 aromatic heterocycles. The van der Waals surface area contributed by atoms with E-state index in [0.717, 1.165) is 24.0 Å². The molecule has 0 unspecified atom stereocenters. The van der Waals surface area contributed by atoms with Crippen LogP contribution in [0.5, 0.6) is 0 Å². The van der Waals surface area contributed by atoms with Crippen molar-refractivity contribution < 1.29 is 4.79 Å². The summed E-state index contributed by atoms with van der Waals surface area (Å²) in [5.41, 5.74) is 1.81. The van der Waals surface area contributed by atoms with Gasteiger partial charge >= 0.3 is 0 Å². The van der Waals surface area contributed by atoms with Gasteiger partial charge in [0.1, 0.15) is 0 Å². The predicted molar refractivity (Wildman–Crippen MR) is 67.9 cm³/mol. The van der Waals surface area contributed by atoms with Crippen molar-refractivity contribution in [3.63, 3.8) is 0 Å². The number of aromatic nitrogens is 2. The molecule has 2 rings (SSSR count). The van der Waals surface area contributed by atoms with Crippen molar-refractivity contribution in [3.05, 3.63) is 30.6 Å². The molecular formula is C13H17N3O. The highest BCUT2D eigenvalue weighted by molar-refractivity contribution is 5.92. The molecule has 0 aliphatic carbocycles. The lowest BCUT2D eigenvalue weighted by atomic mass is 10.0. The molecular weight excluding hydrogens is 214 g/mol. The number of carbonyl (C=O) groups excluding carboxylic acids is 1. The van der Waals surface area contributed by atoms with Crippen LogP contribution in [0.2, 0.25) is 0 Å². The Kier molecular flexibility index (Phi) is 3.42. The minimum Gasteiger partial charge on any atom is -0.326 e. The summed E-state index contributed by atoms with van der Waals surface area (Å²) in [6.07, 6.45) is 5.33. The van der Waals surface area contributed by atoms with Crippen LogP contribution in [-0.2, 0) is 4.79 Å². The Hall–Kier alpha value is -1.84. The monoisotopic (exact) mass is 231 g/mol. The molecule has 1 amide bonds. The highest BCUT2D eigenvalue weighted by Gasteiger charge is 2.14. The van der Waals surface area contributed by atoms with Crippen LogP contribution in [0.25, 0.3) is 5.52 Å². The number of carbonyl (C=O) groups is 1. The topological polar surface area (TPSA) is 46.4 Å². The van der Waals surface area contributed by atoms with Crippen molar-refractivity contribution in [1.29, 1.82) is 0 Å². The van der Waals surface area contributed by atoms with E-state index in [-0.39, 0.29) is 11.8 Å². The molecule has 0 bridgehead atoms. The van der Waals surface area contributed by atoms with Gasteiger partial charge in [-0.05, 0) is 31.0 Å². The minimum atomic E-state index is 0.0936. The molecule has 0 saturated carbocycles. The molecule has 4 heteroatoms. The van der Waals surface area contributed by atoms with Crippen molar-refractivity contribution in [3.8, 4) is 0 Å². The average molecular weight is 231 g/mol. The number of hydrogen-bond acceptors (Lipinski definition) is 2. The molecule has 0 atom stereocenters. The van der Waals surface area contributed by atoms with Gasteiger partial charge in [-0.25, -0.2) is 4.52 Å². The van der Waals surface area contributed by atoms with E-state index in [9.17, 15) is 4.79 Å².